The lowest BCUT2D eigenvalue weighted by Gasteiger charge is -2.03. The zero-order valence-corrected chi connectivity index (χ0v) is 11.8. The summed E-state index contributed by atoms with van der Waals surface area (Å²) in [7, 11) is 0. The number of thioether (sulfide) groups is 1. The predicted octanol–water partition coefficient (Wildman–Crippen LogP) is 3.38. The van der Waals surface area contributed by atoms with Crippen molar-refractivity contribution in [1.82, 2.24) is 10.1 Å². The second kappa shape index (κ2) is 5.35. The van der Waals surface area contributed by atoms with Crippen LogP contribution in [-0.4, -0.2) is 16.2 Å². The van der Waals surface area contributed by atoms with Crippen molar-refractivity contribution in [2.75, 3.05) is 0 Å². The van der Waals surface area contributed by atoms with Gasteiger partial charge in [-0.3, -0.25) is 0 Å². The second-order valence-corrected chi connectivity index (χ2v) is 6.07. The molecule has 1 aromatic carbocycles. The number of hydrogen-bond acceptors (Lipinski definition) is 5. The van der Waals surface area contributed by atoms with Crippen LogP contribution < -0.4 is 0 Å². The van der Waals surface area contributed by atoms with Crippen LogP contribution in [0.3, 0.4) is 0 Å². The molecule has 1 aliphatic heterocycles. The molecule has 0 amide bonds. The molecule has 5 heteroatoms. The van der Waals surface area contributed by atoms with Crippen molar-refractivity contribution in [3.8, 4) is 0 Å². The van der Waals surface area contributed by atoms with Crippen LogP contribution in [0.25, 0.3) is 0 Å². The smallest absolute Gasteiger partial charge is 0.240 e. The fourth-order valence-corrected chi connectivity index (χ4v) is 3.24. The van der Waals surface area contributed by atoms with Crippen molar-refractivity contribution >= 4 is 11.8 Å². The van der Waals surface area contributed by atoms with Gasteiger partial charge in [0.05, 0.1) is 11.4 Å². The van der Waals surface area contributed by atoms with Crippen molar-refractivity contribution in [3.63, 3.8) is 0 Å². The maximum Gasteiger partial charge on any atom is 0.240 e. The monoisotopic (exact) mass is 276 g/mol. The molecule has 0 spiro atoms. The Bertz CT molecular complexity index is 543. The Kier molecular flexibility index (Phi) is 3.57. The molecule has 0 saturated carbocycles. The van der Waals surface area contributed by atoms with E-state index in [0.29, 0.717) is 18.3 Å². The van der Waals surface area contributed by atoms with Gasteiger partial charge in [0, 0.05) is 4.90 Å². The molecule has 19 heavy (non-hydrogen) atoms. The first-order valence-electron chi connectivity index (χ1n) is 6.41. The van der Waals surface area contributed by atoms with Crippen molar-refractivity contribution in [1.29, 1.82) is 0 Å². The Morgan fingerprint density at radius 2 is 2.26 bits per heavy atom. The summed E-state index contributed by atoms with van der Waals surface area (Å²) in [6.07, 6.45) is 1.13. The quantitative estimate of drug-likeness (QED) is 0.856. The zero-order valence-electron chi connectivity index (χ0n) is 11.0. The highest BCUT2D eigenvalue weighted by atomic mass is 32.2. The number of benzene rings is 1. The van der Waals surface area contributed by atoms with Gasteiger partial charge in [0.25, 0.3) is 0 Å². The summed E-state index contributed by atoms with van der Waals surface area (Å²) < 4.78 is 10.8. The lowest BCUT2D eigenvalue weighted by molar-refractivity contribution is 0.0601. The first-order chi connectivity index (χ1) is 9.22. The number of aromatic nitrogens is 2. The fraction of sp³-hybridized carbons (Fsp3) is 0.429. The van der Waals surface area contributed by atoms with Gasteiger partial charge >= 0.3 is 0 Å². The minimum atomic E-state index is 0.173. The standard InChI is InChI=1S/C14H16N2O2S/c1-9(2)17-8-13-15-14(18-16-13)12-7-10-5-3-4-6-11(10)19-12/h3-6,9,12H,7-8H2,1-2H3. The van der Waals surface area contributed by atoms with Gasteiger partial charge in [-0.05, 0) is 31.9 Å². The number of rotatable bonds is 4. The maximum atomic E-state index is 5.47. The molecular weight excluding hydrogens is 260 g/mol. The van der Waals surface area contributed by atoms with Gasteiger partial charge in [0.15, 0.2) is 5.82 Å². The van der Waals surface area contributed by atoms with E-state index in [-0.39, 0.29) is 11.4 Å². The molecule has 0 aliphatic carbocycles. The molecule has 1 atom stereocenters. The third kappa shape index (κ3) is 2.82. The van der Waals surface area contributed by atoms with Crippen LogP contribution in [0.4, 0.5) is 0 Å². The van der Waals surface area contributed by atoms with Crippen molar-refractivity contribution in [2.24, 2.45) is 0 Å². The third-order valence-corrected chi connectivity index (χ3v) is 4.26. The Balaban J connectivity index is 1.68. The summed E-state index contributed by atoms with van der Waals surface area (Å²) in [5, 5.41) is 4.21. The summed E-state index contributed by atoms with van der Waals surface area (Å²) >= 11 is 1.79. The summed E-state index contributed by atoms with van der Waals surface area (Å²) in [5.74, 6) is 1.32. The summed E-state index contributed by atoms with van der Waals surface area (Å²) in [6, 6.07) is 8.42. The Labute approximate surface area is 116 Å². The van der Waals surface area contributed by atoms with Gasteiger partial charge in [0.2, 0.25) is 5.89 Å². The topological polar surface area (TPSA) is 48.2 Å². The van der Waals surface area contributed by atoms with E-state index in [9.17, 15) is 0 Å². The number of ether oxygens (including phenoxy) is 1. The fourth-order valence-electron chi connectivity index (χ4n) is 2.02. The van der Waals surface area contributed by atoms with E-state index < -0.39 is 0 Å². The molecule has 1 aliphatic rings. The van der Waals surface area contributed by atoms with Crippen LogP contribution in [0, 0.1) is 0 Å². The van der Waals surface area contributed by atoms with E-state index in [1.165, 1.54) is 10.5 Å². The molecule has 0 N–H and O–H groups in total. The Hall–Kier alpha value is -1.33. The molecule has 100 valence electrons. The minimum absolute atomic E-state index is 0.173. The van der Waals surface area contributed by atoms with Crippen LogP contribution in [0.1, 0.15) is 36.4 Å². The van der Waals surface area contributed by atoms with Crippen molar-refractivity contribution < 1.29 is 9.26 Å². The molecule has 2 heterocycles. The highest BCUT2D eigenvalue weighted by Crippen LogP contribution is 2.45. The van der Waals surface area contributed by atoms with E-state index in [4.69, 9.17) is 9.26 Å². The van der Waals surface area contributed by atoms with E-state index in [1.54, 1.807) is 11.8 Å². The normalized spacial score (nSPS) is 17.9. The van der Waals surface area contributed by atoms with E-state index >= 15 is 0 Å². The van der Waals surface area contributed by atoms with E-state index in [0.717, 1.165) is 6.42 Å². The molecule has 3 rings (SSSR count). The maximum absolute atomic E-state index is 5.47. The van der Waals surface area contributed by atoms with Crippen LogP contribution >= 0.6 is 11.8 Å². The van der Waals surface area contributed by atoms with Gasteiger partial charge in [-0.15, -0.1) is 11.8 Å². The summed E-state index contributed by atoms with van der Waals surface area (Å²) in [4.78, 5) is 5.73. The van der Waals surface area contributed by atoms with Crippen LogP contribution in [0.15, 0.2) is 33.7 Å². The lowest BCUT2D eigenvalue weighted by atomic mass is 10.1. The molecule has 0 bridgehead atoms. The lowest BCUT2D eigenvalue weighted by Crippen LogP contribution is -2.03. The van der Waals surface area contributed by atoms with Crippen LogP contribution in [0.2, 0.25) is 0 Å². The number of fused-ring (bicyclic) bond motifs is 1. The van der Waals surface area contributed by atoms with Gasteiger partial charge < -0.3 is 9.26 Å². The third-order valence-electron chi connectivity index (χ3n) is 2.95. The van der Waals surface area contributed by atoms with Crippen LogP contribution in [-0.2, 0) is 17.8 Å². The predicted molar refractivity (Wildman–Crippen MR) is 73.0 cm³/mol. The SMILES string of the molecule is CC(C)OCc1noc(C2Cc3ccccc3S2)n1. The van der Waals surface area contributed by atoms with Crippen molar-refractivity contribution in [2.45, 2.75) is 43.1 Å². The highest BCUT2D eigenvalue weighted by molar-refractivity contribution is 7.99. The molecule has 0 saturated heterocycles. The number of hydrogen-bond donors (Lipinski definition) is 0. The molecule has 1 aromatic heterocycles. The molecule has 1 unspecified atom stereocenters. The molecule has 4 nitrogen and oxygen atoms in total. The van der Waals surface area contributed by atoms with E-state index in [1.807, 2.05) is 13.8 Å². The van der Waals surface area contributed by atoms with Crippen molar-refractivity contribution in [3.05, 3.63) is 41.5 Å². The van der Waals surface area contributed by atoms with Gasteiger partial charge in [-0.1, -0.05) is 23.4 Å². The molecule has 0 radical (unpaired) electrons. The Morgan fingerprint density at radius 1 is 1.42 bits per heavy atom. The summed E-state index contributed by atoms with van der Waals surface area (Å²) in [6.45, 7) is 4.39. The largest absolute Gasteiger partial charge is 0.371 e. The van der Waals surface area contributed by atoms with Gasteiger partial charge in [-0.2, -0.15) is 4.98 Å². The molecule has 0 fully saturated rings. The first-order valence-corrected chi connectivity index (χ1v) is 7.29. The molecule has 2 aromatic rings. The average Bonchev–Trinajstić information content (AvgIpc) is 3.02. The zero-order chi connectivity index (χ0) is 13.2. The second-order valence-electron chi connectivity index (χ2n) is 4.83. The Morgan fingerprint density at radius 3 is 3.05 bits per heavy atom. The number of nitrogens with zero attached hydrogens (tertiary/aromatic N) is 2. The first kappa shape index (κ1) is 12.7. The van der Waals surface area contributed by atoms with Gasteiger partial charge in [0.1, 0.15) is 6.61 Å². The van der Waals surface area contributed by atoms with Crippen LogP contribution in [0.5, 0.6) is 0 Å². The summed E-state index contributed by atoms with van der Waals surface area (Å²) in [5.41, 5.74) is 1.36. The van der Waals surface area contributed by atoms with Gasteiger partial charge in [-0.25, -0.2) is 0 Å². The van der Waals surface area contributed by atoms with E-state index in [2.05, 4.69) is 34.4 Å². The highest BCUT2D eigenvalue weighted by Gasteiger charge is 2.28. The molecular formula is C14H16N2O2S. The minimum Gasteiger partial charge on any atom is -0.371 e. The average molecular weight is 276 g/mol.